The maximum Gasteiger partial charge on any atom is 0.173 e. The van der Waals surface area contributed by atoms with E-state index in [1.165, 1.54) is 0 Å². The van der Waals surface area contributed by atoms with Crippen molar-refractivity contribution in [2.45, 2.75) is 57.1 Å². The van der Waals surface area contributed by atoms with Crippen molar-refractivity contribution in [3.63, 3.8) is 0 Å². The molecular formula is C23H27N5O3. The average Bonchev–Trinajstić information content (AvgIpc) is 3.35. The number of nitrogens with zero attached hydrogens (tertiary/aromatic N) is 3. The second-order valence-corrected chi connectivity index (χ2v) is 9.84. The monoisotopic (exact) mass is 421 g/mol. The van der Waals surface area contributed by atoms with Gasteiger partial charge >= 0.3 is 0 Å². The summed E-state index contributed by atoms with van der Waals surface area (Å²) in [4.78, 5) is 11.7. The fourth-order valence-electron chi connectivity index (χ4n) is 6.97. The van der Waals surface area contributed by atoms with Crippen LogP contribution >= 0.6 is 0 Å². The van der Waals surface area contributed by atoms with E-state index in [0.717, 1.165) is 43.2 Å². The molecule has 2 saturated carbocycles. The number of rotatable bonds is 1. The summed E-state index contributed by atoms with van der Waals surface area (Å²) in [6.45, 7) is 2.24. The molecule has 6 atom stereocenters. The second-order valence-electron chi connectivity index (χ2n) is 9.84. The molecule has 0 radical (unpaired) electrons. The van der Waals surface area contributed by atoms with E-state index >= 15 is 0 Å². The van der Waals surface area contributed by atoms with Gasteiger partial charge in [-0.05, 0) is 78.5 Å². The van der Waals surface area contributed by atoms with Crippen molar-refractivity contribution in [3.8, 4) is 11.5 Å². The lowest BCUT2D eigenvalue weighted by molar-refractivity contribution is -0.0258. The van der Waals surface area contributed by atoms with Crippen molar-refractivity contribution >= 4 is 11.2 Å². The number of aliphatic hydroxyl groups is 1. The molecule has 0 amide bonds. The number of nitrogens with one attached hydrogen (secondary N) is 2. The number of aromatic hydroxyl groups is 2. The van der Waals surface area contributed by atoms with Gasteiger partial charge in [-0.2, -0.15) is 0 Å². The number of phenols is 2. The summed E-state index contributed by atoms with van der Waals surface area (Å²) in [6, 6.07) is 3.29. The van der Waals surface area contributed by atoms with Gasteiger partial charge in [-0.1, -0.05) is 6.92 Å². The third-order valence-electron chi connectivity index (χ3n) is 8.57. The van der Waals surface area contributed by atoms with E-state index in [9.17, 15) is 15.3 Å². The Balaban J connectivity index is 1.55. The third kappa shape index (κ3) is 2.48. The lowest BCUT2D eigenvalue weighted by Crippen LogP contribution is -2.45. The van der Waals surface area contributed by atoms with Crippen LogP contribution in [-0.2, 0) is 0 Å². The summed E-state index contributed by atoms with van der Waals surface area (Å²) < 4.78 is 1.99. The van der Waals surface area contributed by atoms with Gasteiger partial charge in [-0.3, -0.25) is 5.41 Å². The molecule has 3 aromatic rings. The molecule has 31 heavy (non-hydrogen) atoms. The molecule has 8 heteroatoms. The number of benzene rings is 1. The summed E-state index contributed by atoms with van der Waals surface area (Å²) in [5, 5.41) is 39.5. The van der Waals surface area contributed by atoms with Crippen LogP contribution in [0.4, 0.5) is 0 Å². The number of hydrogen-bond acceptors (Lipinski definition) is 6. The molecule has 6 rings (SSSR count). The normalized spacial score (nSPS) is 34.3. The Hall–Kier alpha value is -2.87. The number of imidazole rings is 1. The SMILES string of the molecule is C[C@]12CC[C@@H]3c4cc(O)c(O)cc4C(n4cnc(=N)c5[nH]cnc54)C[C@H]3[C@@H]1CC[C@@H]2O. The number of phenolic OH excluding ortho intramolecular Hbond substituents is 2. The van der Waals surface area contributed by atoms with E-state index in [-0.39, 0.29) is 34.5 Å². The molecule has 2 fully saturated rings. The molecule has 0 spiro atoms. The van der Waals surface area contributed by atoms with Crippen LogP contribution in [0.5, 0.6) is 11.5 Å². The van der Waals surface area contributed by atoms with Crippen LogP contribution in [0.2, 0.25) is 0 Å². The lowest BCUT2D eigenvalue weighted by atomic mass is 9.54. The molecular weight excluding hydrogens is 394 g/mol. The minimum Gasteiger partial charge on any atom is -0.504 e. The number of hydrogen-bond donors (Lipinski definition) is 5. The van der Waals surface area contributed by atoms with Crippen LogP contribution in [0.15, 0.2) is 24.8 Å². The van der Waals surface area contributed by atoms with Gasteiger partial charge in [0.05, 0.1) is 24.8 Å². The molecule has 5 N–H and O–H groups in total. The average molecular weight is 422 g/mol. The Morgan fingerprint density at radius 1 is 1.13 bits per heavy atom. The van der Waals surface area contributed by atoms with E-state index in [1.54, 1.807) is 24.8 Å². The standard InChI is InChI=1S/C23H27N5O3/c1-23-5-4-11-12-7-17(29)18(30)8-14(12)16(6-13(11)15(23)2-3-19(23)31)28-10-27-21(24)20-22(28)26-9-25-20/h7-11,13,15-16,19,24,29-31H,2-6H2,1H3,(H,25,26)/t11-,13-,15+,16?,19+,23+/m1/s1. The summed E-state index contributed by atoms with van der Waals surface area (Å²) in [5.74, 6) is 0.844. The molecule has 1 aromatic carbocycles. The first-order chi connectivity index (χ1) is 14.9. The quantitative estimate of drug-likeness (QED) is 0.386. The van der Waals surface area contributed by atoms with Crippen LogP contribution in [-0.4, -0.2) is 40.9 Å². The van der Waals surface area contributed by atoms with Gasteiger partial charge in [0.2, 0.25) is 0 Å². The predicted octanol–water partition coefficient (Wildman–Crippen LogP) is 2.91. The molecule has 2 aromatic heterocycles. The van der Waals surface area contributed by atoms with Crippen molar-refractivity contribution < 1.29 is 15.3 Å². The van der Waals surface area contributed by atoms with Crippen molar-refractivity contribution in [1.29, 1.82) is 5.41 Å². The first kappa shape index (κ1) is 18.9. The van der Waals surface area contributed by atoms with Gasteiger partial charge in [-0.15, -0.1) is 0 Å². The van der Waals surface area contributed by atoms with Crippen molar-refractivity contribution in [1.82, 2.24) is 19.5 Å². The van der Waals surface area contributed by atoms with Gasteiger partial charge in [0.1, 0.15) is 5.52 Å². The first-order valence-corrected chi connectivity index (χ1v) is 11.1. The molecule has 8 nitrogen and oxygen atoms in total. The third-order valence-corrected chi connectivity index (χ3v) is 8.57. The van der Waals surface area contributed by atoms with Crippen LogP contribution in [0, 0.1) is 22.7 Å². The van der Waals surface area contributed by atoms with Crippen LogP contribution in [0.3, 0.4) is 0 Å². The highest BCUT2D eigenvalue weighted by Crippen LogP contribution is 2.63. The fourth-order valence-corrected chi connectivity index (χ4v) is 6.97. The molecule has 3 aliphatic carbocycles. The minimum atomic E-state index is -0.263. The largest absolute Gasteiger partial charge is 0.504 e. The number of aromatic amines is 1. The van der Waals surface area contributed by atoms with Gasteiger partial charge in [0.25, 0.3) is 0 Å². The van der Waals surface area contributed by atoms with Crippen LogP contribution in [0.1, 0.15) is 62.1 Å². The van der Waals surface area contributed by atoms with Crippen molar-refractivity contribution in [2.24, 2.45) is 17.3 Å². The Bertz CT molecular complexity index is 1250. The summed E-state index contributed by atoms with van der Waals surface area (Å²) in [6.07, 6.45) is 7.61. The van der Waals surface area contributed by atoms with E-state index in [2.05, 4.69) is 21.9 Å². The van der Waals surface area contributed by atoms with E-state index in [1.807, 2.05) is 4.57 Å². The number of H-pyrrole nitrogens is 1. The minimum absolute atomic E-state index is 0.0716. The Kier molecular flexibility index (Phi) is 3.85. The highest BCUT2D eigenvalue weighted by atomic mass is 16.3. The molecule has 162 valence electrons. The molecule has 3 aliphatic rings. The molecule has 1 unspecified atom stereocenters. The van der Waals surface area contributed by atoms with E-state index < -0.39 is 0 Å². The molecule has 0 saturated heterocycles. The Labute approximate surface area is 179 Å². The summed E-state index contributed by atoms with van der Waals surface area (Å²) >= 11 is 0. The highest BCUT2D eigenvalue weighted by molar-refractivity contribution is 5.69. The zero-order chi connectivity index (χ0) is 21.5. The Morgan fingerprint density at radius 2 is 1.90 bits per heavy atom. The maximum atomic E-state index is 10.8. The molecule has 0 aliphatic heterocycles. The number of aromatic nitrogens is 4. The van der Waals surface area contributed by atoms with Crippen molar-refractivity contribution in [3.05, 3.63) is 41.4 Å². The van der Waals surface area contributed by atoms with E-state index in [4.69, 9.17) is 5.41 Å². The highest BCUT2D eigenvalue weighted by Gasteiger charge is 2.55. The van der Waals surface area contributed by atoms with Gasteiger partial charge < -0.3 is 24.9 Å². The number of aliphatic hydroxyl groups excluding tert-OH is 1. The van der Waals surface area contributed by atoms with Gasteiger partial charge in [0.15, 0.2) is 22.6 Å². The fraction of sp³-hybridized carbons (Fsp3) is 0.522. The summed E-state index contributed by atoms with van der Waals surface area (Å²) in [5.41, 5.74) is 3.37. The smallest absolute Gasteiger partial charge is 0.173 e. The molecule has 2 heterocycles. The number of fused-ring (bicyclic) bond motifs is 6. The molecule has 0 bridgehead atoms. The zero-order valence-corrected chi connectivity index (χ0v) is 17.4. The van der Waals surface area contributed by atoms with Crippen LogP contribution in [0.25, 0.3) is 11.2 Å². The maximum absolute atomic E-state index is 10.8. The second kappa shape index (κ2) is 6.32. The summed E-state index contributed by atoms with van der Waals surface area (Å²) in [7, 11) is 0. The van der Waals surface area contributed by atoms with E-state index in [0.29, 0.717) is 28.9 Å². The zero-order valence-electron chi connectivity index (χ0n) is 17.4. The lowest BCUT2D eigenvalue weighted by Gasteiger charge is -2.51. The van der Waals surface area contributed by atoms with Crippen LogP contribution < -0.4 is 5.49 Å². The Morgan fingerprint density at radius 3 is 2.71 bits per heavy atom. The van der Waals surface area contributed by atoms with Gasteiger partial charge in [-0.25, -0.2) is 9.97 Å². The topological polar surface area (TPSA) is 131 Å². The first-order valence-electron chi connectivity index (χ1n) is 11.1. The predicted molar refractivity (Wildman–Crippen MR) is 113 cm³/mol. The van der Waals surface area contributed by atoms with Gasteiger partial charge in [0, 0.05) is 0 Å². The van der Waals surface area contributed by atoms with Crippen molar-refractivity contribution in [2.75, 3.05) is 0 Å².